The van der Waals surface area contributed by atoms with Crippen LogP contribution in [-0.2, 0) is 19.1 Å². The fourth-order valence-electron chi connectivity index (χ4n) is 2.92. The number of methoxy groups -OCH3 is 2. The molecule has 140 valence electrons. The van der Waals surface area contributed by atoms with E-state index in [-0.39, 0.29) is 11.1 Å². The summed E-state index contributed by atoms with van der Waals surface area (Å²) in [7, 11) is 3.15. The van der Waals surface area contributed by atoms with E-state index in [9.17, 15) is 9.59 Å². The number of cyclic esters (lactones) is 2. The lowest BCUT2D eigenvalue weighted by atomic mass is 10.1. The summed E-state index contributed by atoms with van der Waals surface area (Å²) in [6.45, 7) is 0. The van der Waals surface area contributed by atoms with Crippen LogP contribution in [0.15, 0.2) is 71.8 Å². The average molecular weight is 376 g/mol. The minimum atomic E-state index is -0.593. The van der Waals surface area contributed by atoms with Crippen molar-refractivity contribution < 1.29 is 28.5 Å². The van der Waals surface area contributed by atoms with Gasteiger partial charge in [0.25, 0.3) is 0 Å². The quantitative estimate of drug-likeness (QED) is 0.601. The molecule has 2 aromatic rings. The van der Waals surface area contributed by atoms with Crippen molar-refractivity contribution in [2.45, 2.75) is 0 Å². The molecule has 0 atom stereocenters. The number of carbonyl (C=O) groups is 2. The first-order chi connectivity index (χ1) is 13.6. The molecule has 0 saturated heterocycles. The first-order valence-corrected chi connectivity index (χ1v) is 8.50. The van der Waals surface area contributed by atoms with Crippen LogP contribution in [0.1, 0.15) is 11.1 Å². The molecule has 0 fully saturated rings. The number of esters is 2. The highest BCUT2D eigenvalue weighted by Crippen LogP contribution is 2.34. The van der Waals surface area contributed by atoms with Crippen molar-refractivity contribution in [3.8, 4) is 11.5 Å². The Morgan fingerprint density at radius 3 is 1.29 bits per heavy atom. The van der Waals surface area contributed by atoms with Crippen LogP contribution in [0.2, 0.25) is 0 Å². The van der Waals surface area contributed by atoms with E-state index in [1.807, 2.05) is 0 Å². The Kier molecular flexibility index (Phi) is 4.45. The summed E-state index contributed by atoms with van der Waals surface area (Å²) in [4.78, 5) is 24.7. The van der Waals surface area contributed by atoms with Crippen LogP contribution in [0, 0.1) is 0 Å². The molecule has 2 aliphatic rings. The highest BCUT2D eigenvalue weighted by atomic mass is 16.5. The maximum atomic E-state index is 12.3. The molecule has 0 aliphatic carbocycles. The normalized spacial score (nSPS) is 18.4. The van der Waals surface area contributed by atoms with Crippen LogP contribution in [0.25, 0.3) is 11.5 Å². The molecule has 0 amide bonds. The number of hydrogen-bond acceptors (Lipinski definition) is 6. The molecule has 4 rings (SSSR count). The van der Waals surface area contributed by atoms with Crippen LogP contribution in [0.5, 0.6) is 11.5 Å². The SMILES string of the molecule is COc1ccc(C2=C/C(=C3/C=C(c4ccc(OC)cc4)OC3=O)C(=O)O2)cc1. The largest absolute Gasteiger partial charge is 0.497 e. The van der Waals surface area contributed by atoms with Crippen LogP contribution < -0.4 is 9.47 Å². The van der Waals surface area contributed by atoms with E-state index < -0.39 is 11.9 Å². The van der Waals surface area contributed by atoms with E-state index in [4.69, 9.17) is 18.9 Å². The summed E-state index contributed by atoms with van der Waals surface area (Å²) in [5.41, 5.74) is 1.74. The number of carbonyl (C=O) groups excluding carboxylic acids is 2. The third-order valence-electron chi connectivity index (χ3n) is 4.44. The van der Waals surface area contributed by atoms with E-state index >= 15 is 0 Å². The monoisotopic (exact) mass is 376 g/mol. The van der Waals surface area contributed by atoms with Crippen molar-refractivity contribution in [3.05, 3.63) is 83.0 Å². The van der Waals surface area contributed by atoms with E-state index in [0.717, 1.165) is 0 Å². The molecule has 0 saturated carbocycles. The maximum absolute atomic E-state index is 12.3. The number of rotatable bonds is 4. The minimum absolute atomic E-state index is 0.166. The third-order valence-corrected chi connectivity index (χ3v) is 4.44. The van der Waals surface area contributed by atoms with Gasteiger partial charge in [0.15, 0.2) is 0 Å². The van der Waals surface area contributed by atoms with Gasteiger partial charge in [-0.15, -0.1) is 0 Å². The Balaban J connectivity index is 1.68. The first kappa shape index (κ1) is 17.6. The second-order valence-corrected chi connectivity index (χ2v) is 6.08. The highest BCUT2D eigenvalue weighted by Gasteiger charge is 2.32. The Bertz CT molecular complexity index is 954. The molecule has 6 nitrogen and oxygen atoms in total. The minimum Gasteiger partial charge on any atom is -0.497 e. The van der Waals surface area contributed by atoms with E-state index in [1.165, 1.54) is 0 Å². The fraction of sp³-hybridized carbons (Fsp3) is 0.0909. The molecule has 2 aromatic carbocycles. The van der Waals surface area contributed by atoms with Crippen molar-refractivity contribution in [2.24, 2.45) is 0 Å². The van der Waals surface area contributed by atoms with Gasteiger partial charge in [-0.3, -0.25) is 0 Å². The lowest BCUT2D eigenvalue weighted by Crippen LogP contribution is -2.05. The maximum Gasteiger partial charge on any atom is 0.344 e. The van der Waals surface area contributed by atoms with Gasteiger partial charge < -0.3 is 18.9 Å². The molecule has 2 aliphatic heterocycles. The zero-order chi connectivity index (χ0) is 19.7. The molecule has 6 heteroatoms. The molecular formula is C22H16O6. The number of ether oxygens (including phenoxy) is 4. The second-order valence-electron chi connectivity index (χ2n) is 6.08. The standard InChI is InChI=1S/C22H16O6/c1-25-15-7-3-13(4-8-15)19-11-17(21(23)27-19)18-12-20(28-22(18)24)14-5-9-16(26-2)10-6-14/h3-12H,1-2H3/b18-17+. The van der Waals surface area contributed by atoms with Gasteiger partial charge in [0, 0.05) is 11.1 Å². The van der Waals surface area contributed by atoms with E-state index in [1.54, 1.807) is 74.9 Å². The summed E-state index contributed by atoms with van der Waals surface area (Å²) >= 11 is 0. The summed E-state index contributed by atoms with van der Waals surface area (Å²) in [5.74, 6) is 0.941. The van der Waals surface area contributed by atoms with Crippen LogP contribution in [0.3, 0.4) is 0 Å². The Labute approximate surface area is 161 Å². The molecule has 28 heavy (non-hydrogen) atoms. The Hall–Kier alpha value is -3.80. The van der Waals surface area contributed by atoms with Gasteiger partial charge in [0.1, 0.15) is 23.0 Å². The molecule has 0 unspecified atom stereocenters. The van der Waals surface area contributed by atoms with Gasteiger partial charge >= 0.3 is 11.9 Å². The van der Waals surface area contributed by atoms with Gasteiger partial charge in [0.05, 0.1) is 25.4 Å². The second kappa shape index (κ2) is 7.08. The van der Waals surface area contributed by atoms with Crippen molar-refractivity contribution >= 4 is 23.5 Å². The van der Waals surface area contributed by atoms with E-state index in [0.29, 0.717) is 34.1 Å². The Morgan fingerprint density at radius 2 is 0.964 bits per heavy atom. The molecule has 0 N–H and O–H groups in total. The van der Waals surface area contributed by atoms with Gasteiger partial charge in [-0.1, -0.05) is 0 Å². The van der Waals surface area contributed by atoms with Crippen molar-refractivity contribution in [2.75, 3.05) is 14.2 Å². The summed E-state index contributed by atoms with van der Waals surface area (Å²) < 4.78 is 20.9. The number of hydrogen-bond donors (Lipinski definition) is 0. The number of benzene rings is 2. The topological polar surface area (TPSA) is 71.1 Å². The van der Waals surface area contributed by atoms with Crippen molar-refractivity contribution in [1.29, 1.82) is 0 Å². The van der Waals surface area contributed by atoms with Crippen LogP contribution >= 0.6 is 0 Å². The molecule has 0 bridgehead atoms. The molecule has 0 aromatic heterocycles. The molecule has 0 radical (unpaired) electrons. The van der Waals surface area contributed by atoms with Gasteiger partial charge in [-0.2, -0.15) is 0 Å². The zero-order valence-corrected chi connectivity index (χ0v) is 15.2. The highest BCUT2D eigenvalue weighted by molar-refractivity contribution is 6.12. The van der Waals surface area contributed by atoms with Crippen molar-refractivity contribution in [1.82, 2.24) is 0 Å². The molecule has 0 spiro atoms. The lowest BCUT2D eigenvalue weighted by molar-refractivity contribution is -0.133. The molecular weight excluding hydrogens is 360 g/mol. The van der Waals surface area contributed by atoms with E-state index in [2.05, 4.69) is 0 Å². The zero-order valence-electron chi connectivity index (χ0n) is 15.2. The summed E-state index contributed by atoms with van der Waals surface area (Å²) in [6, 6.07) is 14.2. The van der Waals surface area contributed by atoms with Crippen LogP contribution in [-0.4, -0.2) is 26.2 Å². The Morgan fingerprint density at radius 1 is 0.607 bits per heavy atom. The predicted molar refractivity (Wildman–Crippen MR) is 101 cm³/mol. The van der Waals surface area contributed by atoms with Gasteiger partial charge in [0.2, 0.25) is 0 Å². The molecule has 2 heterocycles. The average Bonchev–Trinajstić information content (AvgIpc) is 3.30. The smallest absolute Gasteiger partial charge is 0.344 e. The van der Waals surface area contributed by atoms with Gasteiger partial charge in [-0.05, 0) is 60.7 Å². The predicted octanol–water partition coefficient (Wildman–Crippen LogP) is 3.50. The first-order valence-electron chi connectivity index (χ1n) is 8.50. The lowest BCUT2D eigenvalue weighted by Gasteiger charge is -2.03. The van der Waals surface area contributed by atoms with Crippen molar-refractivity contribution in [3.63, 3.8) is 0 Å². The fourth-order valence-corrected chi connectivity index (χ4v) is 2.92. The summed E-state index contributed by atoms with van der Waals surface area (Å²) in [5, 5.41) is 0. The third kappa shape index (κ3) is 3.16. The van der Waals surface area contributed by atoms with Gasteiger partial charge in [-0.25, -0.2) is 9.59 Å². The summed E-state index contributed by atoms with van der Waals surface area (Å²) in [6.07, 6.45) is 3.10. The van der Waals surface area contributed by atoms with Crippen LogP contribution in [0.4, 0.5) is 0 Å².